The van der Waals surface area contributed by atoms with E-state index in [-0.39, 0.29) is 4.90 Å². The normalized spacial score (nSPS) is 14.0. The molecule has 0 bridgehead atoms. The SMILES string of the molecule is CN(c1cccc(F)c1)S(=O)(=O)c1ccc2c(c1)CNC2. The fraction of sp³-hybridized carbons (Fsp3) is 0.200. The number of nitrogens with zero attached hydrogens (tertiary/aromatic N) is 1. The van der Waals surface area contributed by atoms with Crippen LogP contribution in [0.4, 0.5) is 10.1 Å². The van der Waals surface area contributed by atoms with Crippen LogP contribution >= 0.6 is 0 Å². The van der Waals surface area contributed by atoms with E-state index in [1.54, 1.807) is 18.2 Å². The molecule has 0 saturated heterocycles. The molecule has 0 aromatic heterocycles. The first-order chi connectivity index (χ1) is 9.98. The highest BCUT2D eigenvalue weighted by Gasteiger charge is 2.23. The minimum atomic E-state index is -3.69. The Balaban J connectivity index is 2.00. The zero-order chi connectivity index (χ0) is 15.0. The smallest absolute Gasteiger partial charge is 0.264 e. The number of rotatable bonds is 3. The van der Waals surface area contributed by atoms with Gasteiger partial charge in [-0.1, -0.05) is 12.1 Å². The van der Waals surface area contributed by atoms with Crippen molar-refractivity contribution in [2.45, 2.75) is 18.0 Å². The Bertz CT molecular complexity index is 790. The van der Waals surface area contributed by atoms with Gasteiger partial charge < -0.3 is 5.32 Å². The zero-order valence-corrected chi connectivity index (χ0v) is 12.3. The topological polar surface area (TPSA) is 49.4 Å². The predicted molar refractivity (Wildman–Crippen MR) is 79.0 cm³/mol. The highest BCUT2D eigenvalue weighted by atomic mass is 32.2. The minimum Gasteiger partial charge on any atom is -0.309 e. The van der Waals surface area contributed by atoms with E-state index in [9.17, 15) is 12.8 Å². The molecule has 2 aromatic rings. The van der Waals surface area contributed by atoms with Gasteiger partial charge in [-0.15, -0.1) is 0 Å². The lowest BCUT2D eigenvalue weighted by atomic mass is 10.1. The molecular formula is C15H15FN2O2S. The average molecular weight is 306 g/mol. The third-order valence-corrected chi connectivity index (χ3v) is 5.42. The molecule has 0 amide bonds. The van der Waals surface area contributed by atoms with Gasteiger partial charge in [0.05, 0.1) is 10.6 Å². The Kier molecular flexibility index (Phi) is 3.43. The Hall–Kier alpha value is -1.92. The van der Waals surface area contributed by atoms with Gasteiger partial charge in [-0.05, 0) is 41.5 Å². The fourth-order valence-corrected chi connectivity index (χ4v) is 3.64. The Morgan fingerprint density at radius 1 is 1.10 bits per heavy atom. The third-order valence-electron chi connectivity index (χ3n) is 3.64. The molecule has 21 heavy (non-hydrogen) atoms. The van der Waals surface area contributed by atoms with Crippen molar-refractivity contribution in [1.29, 1.82) is 0 Å². The number of nitrogens with one attached hydrogen (secondary N) is 1. The molecule has 6 heteroatoms. The Morgan fingerprint density at radius 3 is 2.62 bits per heavy atom. The van der Waals surface area contributed by atoms with Gasteiger partial charge in [0.25, 0.3) is 10.0 Å². The summed E-state index contributed by atoms with van der Waals surface area (Å²) >= 11 is 0. The van der Waals surface area contributed by atoms with E-state index >= 15 is 0 Å². The second-order valence-corrected chi connectivity index (χ2v) is 6.96. The van der Waals surface area contributed by atoms with Crippen LogP contribution in [0.25, 0.3) is 0 Å². The summed E-state index contributed by atoms with van der Waals surface area (Å²) in [6.45, 7) is 1.43. The number of sulfonamides is 1. The van der Waals surface area contributed by atoms with Crippen LogP contribution in [0, 0.1) is 5.82 Å². The van der Waals surface area contributed by atoms with E-state index in [0.29, 0.717) is 12.2 Å². The molecular weight excluding hydrogens is 291 g/mol. The summed E-state index contributed by atoms with van der Waals surface area (Å²) in [7, 11) is -2.27. The first kappa shape index (κ1) is 14.0. The summed E-state index contributed by atoms with van der Waals surface area (Å²) < 4.78 is 39.6. The lowest BCUT2D eigenvalue weighted by Crippen LogP contribution is -2.26. The minimum absolute atomic E-state index is 0.219. The maximum absolute atomic E-state index is 13.3. The van der Waals surface area contributed by atoms with Crippen LogP contribution < -0.4 is 9.62 Å². The second kappa shape index (κ2) is 5.13. The lowest BCUT2D eigenvalue weighted by Gasteiger charge is -2.20. The van der Waals surface area contributed by atoms with Crippen molar-refractivity contribution >= 4 is 15.7 Å². The van der Waals surface area contributed by atoms with Gasteiger partial charge in [-0.3, -0.25) is 4.31 Å². The second-order valence-electron chi connectivity index (χ2n) is 4.99. The summed E-state index contributed by atoms with van der Waals surface area (Å²) in [6, 6.07) is 10.6. The molecule has 3 rings (SSSR count). The van der Waals surface area contributed by atoms with Gasteiger partial charge in [-0.25, -0.2) is 12.8 Å². The monoisotopic (exact) mass is 306 g/mol. The van der Waals surface area contributed by atoms with E-state index < -0.39 is 15.8 Å². The first-order valence-electron chi connectivity index (χ1n) is 6.55. The molecule has 0 spiro atoms. The van der Waals surface area contributed by atoms with Crippen LogP contribution in [0.5, 0.6) is 0 Å². The van der Waals surface area contributed by atoms with Gasteiger partial charge in [0.15, 0.2) is 0 Å². The van der Waals surface area contributed by atoms with Crippen molar-refractivity contribution in [1.82, 2.24) is 5.32 Å². The van der Waals surface area contributed by atoms with E-state index in [1.165, 1.54) is 25.2 Å². The number of benzene rings is 2. The van der Waals surface area contributed by atoms with Gasteiger partial charge in [0.2, 0.25) is 0 Å². The number of halogens is 1. The molecule has 0 atom stereocenters. The Morgan fingerprint density at radius 2 is 1.86 bits per heavy atom. The molecule has 0 fully saturated rings. The molecule has 2 aromatic carbocycles. The van der Waals surface area contributed by atoms with Crippen molar-refractivity contribution in [3.63, 3.8) is 0 Å². The van der Waals surface area contributed by atoms with Crippen LogP contribution in [0.2, 0.25) is 0 Å². The average Bonchev–Trinajstić information content (AvgIpc) is 2.93. The van der Waals surface area contributed by atoms with Crippen LogP contribution in [0.15, 0.2) is 47.4 Å². The third kappa shape index (κ3) is 2.52. The van der Waals surface area contributed by atoms with Crippen molar-refractivity contribution in [2.75, 3.05) is 11.4 Å². The summed E-state index contributed by atoms with van der Waals surface area (Å²) in [5.41, 5.74) is 2.40. The molecule has 0 radical (unpaired) electrons. The predicted octanol–water partition coefficient (Wildman–Crippen LogP) is 2.25. The van der Waals surface area contributed by atoms with Crippen molar-refractivity contribution in [3.05, 3.63) is 59.4 Å². The van der Waals surface area contributed by atoms with Crippen LogP contribution in [-0.4, -0.2) is 15.5 Å². The highest BCUT2D eigenvalue weighted by Crippen LogP contribution is 2.25. The molecule has 1 aliphatic rings. The maximum atomic E-state index is 13.3. The zero-order valence-electron chi connectivity index (χ0n) is 11.5. The molecule has 0 unspecified atom stereocenters. The van der Waals surface area contributed by atoms with E-state index in [2.05, 4.69) is 5.32 Å². The standard InChI is InChI=1S/C15H15FN2O2S/c1-18(14-4-2-3-13(16)8-14)21(19,20)15-6-5-11-9-17-10-12(11)7-15/h2-8,17H,9-10H2,1H3. The van der Waals surface area contributed by atoms with Crippen LogP contribution in [0.1, 0.15) is 11.1 Å². The van der Waals surface area contributed by atoms with Gasteiger partial charge >= 0.3 is 0 Å². The van der Waals surface area contributed by atoms with Gasteiger partial charge in [-0.2, -0.15) is 0 Å². The van der Waals surface area contributed by atoms with E-state index in [1.807, 2.05) is 6.07 Å². The molecule has 0 aliphatic carbocycles. The quantitative estimate of drug-likeness (QED) is 0.946. The lowest BCUT2D eigenvalue weighted by molar-refractivity contribution is 0.594. The molecule has 4 nitrogen and oxygen atoms in total. The van der Waals surface area contributed by atoms with E-state index in [0.717, 1.165) is 22.0 Å². The Labute approximate surface area is 123 Å². The maximum Gasteiger partial charge on any atom is 0.264 e. The first-order valence-corrected chi connectivity index (χ1v) is 7.99. The summed E-state index contributed by atoms with van der Waals surface area (Å²) in [6.07, 6.45) is 0. The number of hydrogen-bond acceptors (Lipinski definition) is 3. The summed E-state index contributed by atoms with van der Waals surface area (Å²) in [5.74, 6) is -0.465. The highest BCUT2D eigenvalue weighted by molar-refractivity contribution is 7.92. The number of anilines is 1. The molecule has 1 N–H and O–H groups in total. The summed E-state index contributed by atoms with van der Waals surface area (Å²) in [4.78, 5) is 0.219. The molecule has 0 saturated carbocycles. The largest absolute Gasteiger partial charge is 0.309 e. The molecule has 1 aliphatic heterocycles. The number of fused-ring (bicyclic) bond motifs is 1. The van der Waals surface area contributed by atoms with Crippen molar-refractivity contribution in [3.8, 4) is 0 Å². The van der Waals surface area contributed by atoms with E-state index in [4.69, 9.17) is 0 Å². The van der Waals surface area contributed by atoms with Crippen LogP contribution in [-0.2, 0) is 23.1 Å². The van der Waals surface area contributed by atoms with Gasteiger partial charge in [0.1, 0.15) is 5.82 Å². The molecule has 110 valence electrons. The number of hydrogen-bond donors (Lipinski definition) is 1. The molecule has 1 heterocycles. The van der Waals surface area contributed by atoms with Crippen molar-refractivity contribution in [2.24, 2.45) is 0 Å². The van der Waals surface area contributed by atoms with Gasteiger partial charge in [0, 0.05) is 20.1 Å². The fourth-order valence-electron chi connectivity index (χ4n) is 2.40. The summed E-state index contributed by atoms with van der Waals surface area (Å²) in [5, 5.41) is 3.18. The van der Waals surface area contributed by atoms with Crippen molar-refractivity contribution < 1.29 is 12.8 Å². The van der Waals surface area contributed by atoms with Crippen LogP contribution in [0.3, 0.4) is 0 Å².